The highest BCUT2D eigenvalue weighted by Crippen LogP contribution is 2.36. The zero-order chi connectivity index (χ0) is 27.9. The van der Waals surface area contributed by atoms with Gasteiger partial charge in [0.2, 0.25) is 0 Å². The van der Waals surface area contributed by atoms with Crippen LogP contribution in [0.15, 0.2) is 146 Å². The van der Waals surface area contributed by atoms with E-state index in [1.165, 1.54) is 27.1 Å². The summed E-state index contributed by atoms with van der Waals surface area (Å²) in [5.74, 6) is 1.78. The zero-order valence-electron chi connectivity index (χ0n) is 22.6. The highest BCUT2D eigenvalue weighted by molar-refractivity contribution is 6.25. The minimum absolute atomic E-state index is 0.546. The van der Waals surface area contributed by atoms with Crippen molar-refractivity contribution >= 4 is 32.3 Å². The van der Waals surface area contributed by atoms with Crippen molar-refractivity contribution in [1.29, 1.82) is 0 Å². The molecule has 2 heterocycles. The summed E-state index contributed by atoms with van der Waals surface area (Å²) in [5, 5.41) is 7.06. The molecule has 0 spiro atoms. The second kappa shape index (κ2) is 10.0. The summed E-state index contributed by atoms with van der Waals surface area (Å²) < 4.78 is 0. The fourth-order valence-corrected chi connectivity index (χ4v) is 5.70. The number of hydrogen-bond donors (Lipinski definition) is 0. The van der Waals surface area contributed by atoms with Gasteiger partial charge in [-0.2, -0.15) is 0 Å². The average molecular weight is 537 g/mol. The Morgan fingerprint density at radius 1 is 0.310 bits per heavy atom. The Morgan fingerprint density at radius 2 is 0.714 bits per heavy atom. The maximum absolute atomic E-state index is 4.97. The van der Waals surface area contributed by atoms with E-state index in [2.05, 4.69) is 103 Å². The third-order valence-electron chi connectivity index (χ3n) is 7.78. The molecule has 6 aromatic carbocycles. The standard InChI is InChI=1S/C38H24N4/c1-3-11-25(12-4-1)26-19-21-28(22-20-26)37-40-36(27-13-5-2-6-14-27)41-38(42-37)35-23-33-31-17-9-7-15-29(31)30-16-8-10-18-32(30)34(33)24-39-35/h1-24H. The normalized spacial score (nSPS) is 11.3. The largest absolute Gasteiger partial charge is 0.252 e. The molecular weight excluding hydrogens is 512 g/mol. The molecule has 0 fully saturated rings. The first kappa shape index (κ1) is 24.1. The number of rotatable bonds is 4. The quantitative estimate of drug-likeness (QED) is 0.210. The van der Waals surface area contributed by atoms with Gasteiger partial charge in [-0.1, -0.05) is 133 Å². The highest BCUT2D eigenvalue weighted by Gasteiger charge is 2.15. The number of pyridine rings is 1. The van der Waals surface area contributed by atoms with E-state index in [9.17, 15) is 0 Å². The zero-order valence-corrected chi connectivity index (χ0v) is 22.6. The molecule has 0 aliphatic heterocycles. The molecule has 0 aliphatic rings. The summed E-state index contributed by atoms with van der Waals surface area (Å²) in [6.07, 6.45) is 1.96. The minimum atomic E-state index is 0.546. The topological polar surface area (TPSA) is 51.6 Å². The number of benzene rings is 6. The molecule has 0 aliphatic carbocycles. The van der Waals surface area contributed by atoms with Gasteiger partial charge in [-0.25, -0.2) is 15.0 Å². The van der Waals surface area contributed by atoms with Gasteiger partial charge >= 0.3 is 0 Å². The van der Waals surface area contributed by atoms with Crippen molar-refractivity contribution in [3.8, 4) is 45.4 Å². The Kier molecular flexibility index (Phi) is 5.75. The average Bonchev–Trinajstić information content (AvgIpc) is 3.09. The van der Waals surface area contributed by atoms with E-state index >= 15 is 0 Å². The summed E-state index contributed by atoms with van der Waals surface area (Å²) in [5.41, 5.74) is 4.88. The van der Waals surface area contributed by atoms with Crippen molar-refractivity contribution in [3.63, 3.8) is 0 Å². The molecule has 2 aromatic heterocycles. The molecular formula is C38H24N4. The number of fused-ring (bicyclic) bond motifs is 6. The van der Waals surface area contributed by atoms with E-state index in [0.717, 1.165) is 27.5 Å². The molecule has 4 heteroatoms. The van der Waals surface area contributed by atoms with Crippen molar-refractivity contribution in [2.45, 2.75) is 0 Å². The second-order valence-electron chi connectivity index (χ2n) is 10.3. The van der Waals surface area contributed by atoms with Crippen LogP contribution in [0.3, 0.4) is 0 Å². The fraction of sp³-hybridized carbons (Fsp3) is 0. The molecule has 0 amide bonds. The molecule has 8 rings (SSSR count). The smallest absolute Gasteiger partial charge is 0.182 e. The number of hydrogen-bond acceptors (Lipinski definition) is 4. The van der Waals surface area contributed by atoms with Crippen LogP contribution < -0.4 is 0 Å². The first-order chi connectivity index (χ1) is 20.8. The third-order valence-corrected chi connectivity index (χ3v) is 7.78. The van der Waals surface area contributed by atoms with Crippen molar-refractivity contribution in [1.82, 2.24) is 19.9 Å². The van der Waals surface area contributed by atoms with Crippen molar-refractivity contribution in [2.24, 2.45) is 0 Å². The van der Waals surface area contributed by atoms with Gasteiger partial charge in [0.05, 0.1) is 0 Å². The molecule has 42 heavy (non-hydrogen) atoms. The first-order valence-corrected chi connectivity index (χ1v) is 14.0. The maximum Gasteiger partial charge on any atom is 0.182 e. The fourth-order valence-electron chi connectivity index (χ4n) is 5.70. The lowest BCUT2D eigenvalue weighted by Gasteiger charge is -2.12. The molecule has 8 aromatic rings. The van der Waals surface area contributed by atoms with Gasteiger partial charge in [-0.05, 0) is 44.1 Å². The summed E-state index contributed by atoms with van der Waals surface area (Å²) >= 11 is 0. The Balaban J connectivity index is 1.32. The van der Waals surface area contributed by atoms with E-state index in [-0.39, 0.29) is 0 Å². The predicted molar refractivity (Wildman–Crippen MR) is 172 cm³/mol. The van der Waals surface area contributed by atoms with Crippen molar-refractivity contribution in [2.75, 3.05) is 0 Å². The van der Waals surface area contributed by atoms with Crippen LogP contribution in [-0.2, 0) is 0 Å². The van der Waals surface area contributed by atoms with E-state index in [1.807, 2.05) is 42.6 Å². The van der Waals surface area contributed by atoms with E-state index in [0.29, 0.717) is 23.2 Å². The Hall–Kier alpha value is -5.74. The van der Waals surface area contributed by atoms with Gasteiger partial charge in [0.1, 0.15) is 5.69 Å². The van der Waals surface area contributed by atoms with Gasteiger partial charge in [0.25, 0.3) is 0 Å². The molecule has 196 valence electrons. The van der Waals surface area contributed by atoms with Crippen molar-refractivity contribution < 1.29 is 0 Å². The van der Waals surface area contributed by atoms with Crippen LogP contribution in [-0.4, -0.2) is 19.9 Å². The van der Waals surface area contributed by atoms with E-state index in [4.69, 9.17) is 19.9 Å². The Labute approximate surface area is 243 Å². The summed E-state index contributed by atoms with van der Waals surface area (Å²) in [6, 6.07) is 47.9. The maximum atomic E-state index is 4.97. The van der Waals surface area contributed by atoms with Crippen LogP contribution >= 0.6 is 0 Å². The third kappa shape index (κ3) is 4.18. The highest BCUT2D eigenvalue weighted by atomic mass is 15.0. The lowest BCUT2D eigenvalue weighted by molar-refractivity contribution is 1.06. The number of aromatic nitrogens is 4. The predicted octanol–water partition coefficient (Wildman–Crippen LogP) is 9.39. The molecule has 0 saturated carbocycles. The molecule has 4 nitrogen and oxygen atoms in total. The summed E-state index contributed by atoms with van der Waals surface area (Å²) in [6.45, 7) is 0. The first-order valence-electron chi connectivity index (χ1n) is 14.0. The summed E-state index contributed by atoms with van der Waals surface area (Å²) in [7, 11) is 0. The SMILES string of the molecule is c1ccc(-c2ccc(-c3nc(-c4ccccc4)nc(-c4cc5c6ccccc6c6ccccc6c5cn4)n3)cc2)cc1. The molecule has 0 saturated heterocycles. The van der Waals surface area contributed by atoms with Crippen LogP contribution in [0.25, 0.3) is 77.7 Å². The van der Waals surface area contributed by atoms with Gasteiger partial charge < -0.3 is 0 Å². The lowest BCUT2D eigenvalue weighted by atomic mass is 9.95. The monoisotopic (exact) mass is 536 g/mol. The van der Waals surface area contributed by atoms with Crippen molar-refractivity contribution in [3.05, 3.63) is 146 Å². The Morgan fingerprint density at radius 3 is 1.31 bits per heavy atom. The van der Waals surface area contributed by atoms with Crippen LogP contribution in [0, 0.1) is 0 Å². The van der Waals surface area contributed by atoms with Crippen LogP contribution in [0.4, 0.5) is 0 Å². The van der Waals surface area contributed by atoms with Crippen LogP contribution in [0.2, 0.25) is 0 Å². The van der Waals surface area contributed by atoms with Gasteiger partial charge in [0, 0.05) is 22.7 Å². The van der Waals surface area contributed by atoms with Gasteiger partial charge in [-0.15, -0.1) is 0 Å². The van der Waals surface area contributed by atoms with Gasteiger partial charge in [0.15, 0.2) is 17.5 Å². The van der Waals surface area contributed by atoms with Crippen LogP contribution in [0.1, 0.15) is 0 Å². The molecule has 0 atom stereocenters. The molecule has 0 N–H and O–H groups in total. The van der Waals surface area contributed by atoms with Crippen LogP contribution in [0.5, 0.6) is 0 Å². The second-order valence-corrected chi connectivity index (χ2v) is 10.3. The molecule has 0 bridgehead atoms. The Bertz CT molecular complexity index is 2190. The summed E-state index contributed by atoms with van der Waals surface area (Å²) in [4.78, 5) is 19.7. The minimum Gasteiger partial charge on any atom is -0.252 e. The molecule has 0 radical (unpaired) electrons. The van der Waals surface area contributed by atoms with E-state index in [1.54, 1.807) is 0 Å². The lowest BCUT2D eigenvalue weighted by Crippen LogP contribution is -2.01. The van der Waals surface area contributed by atoms with Gasteiger partial charge in [-0.3, -0.25) is 4.98 Å². The molecule has 0 unspecified atom stereocenters. The number of nitrogens with zero attached hydrogens (tertiary/aromatic N) is 4. The van der Waals surface area contributed by atoms with E-state index < -0.39 is 0 Å².